The zero-order valence-electron chi connectivity index (χ0n) is 8.04. The SMILES string of the molecule is Fc1ccc(F)c(SCc2cc(Br)cs2)c1. The molecule has 1 aromatic heterocycles. The summed E-state index contributed by atoms with van der Waals surface area (Å²) in [5.41, 5.74) is 0. The van der Waals surface area contributed by atoms with E-state index >= 15 is 0 Å². The summed E-state index contributed by atoms with van der Waals surface area (Å²) < 4.78 is 27.2. The van der Waals surface area contributed by atoms with Gasteiger partial charge in [0.1, 0.15) is 11.6 Å². The van der Waals surface area contributed by atoms with E-state index in [2.05, 4.69) is 15.9 Å². The summed E-state index contributed by atoms with van der Waals surface area (Å²) in [6.45, 7) is 0. The molecule has 0 saturated carbocycles. The lowest BCUT2D eigenvalue weighted by atomic mass is 10.3. The van der Waals surface area contributed by atoms with Gasteiger partial charge in [-0.2, -0.15) is 0 Å². The van der Waals surface area contributed by atoms with E-state index < -0.39 is 5.82 Å². The first-order valence-electron chi connectivity index (χ1n) is 4.46. The van der Waals surface area contributed by atoms with Gasteiger partial charge in [0.15, 0.2) is 0 Å². The molecule has 1 aromatic carbocycles. The lowest BCUT2D eigenvalue weighted by molar-refractivity contribution is 0.577. The molecular weight excluding hydrogens is 314 g/mol. The van der Waals surface area contributed by atoms with Crippen molar-refractivity contribution >= 4 is 39.0 Å². The summed E-state index contributed by atoms with van der Waals surface area (Å²) in [5, 5.41) is 1.97. The van der Waals surface area contributed by atoms with Crippen LogP contribution in [0.4, 0.5) is 8.78 Å². The second-order valence-corrected chi connectivity index (χ2v) is 6.02. The third kappa shape index (κ3) is 3.06. The molecule has 2 aromatic rings. The van der Waals surface area contributed by atoms with E-state index in [-0.39, 0.29) is 5.82 Å². The number of rotatable bonds is 3. The van der Waals surface area contributed by atoms with Crippen LogP contribution < -0.4 is 0 Å². The molecule has 0 aliphatic rings. The van der Waals surface area contributed by atoms with Crippen molar-refractivity contribution in [2.75, 3.05) is 0 Å². The van der Waals surface area contributed by atoms with Gasteiger partial charge in [-0.25, -0.2) is 8.78 Å². The summed E-state index contributed by atoms with van der Waals surface area (Å²) in [5.74, 6) is -0.130. The maximum atomic E-state index is 13.3. The molecule has 0 N–H and O–H groups in total. The Morgan fingerprint density at radius 1 is 1.25 bits per heavy atom. The average Bonchev–Trinajstić information content (AvgIpc) is 2.66. The van der Waals surface area contributed by atoms with Crippen molar-refractivity contribution in [1.82, 2.24) is 0 Å². The maximum absolute atomic E-state index is 13.3. The Bertz CT molecular complexity index is 496. The minimum absolute atomic E-state index is 0.351. The standard InChI is InChI=1S/C11H7BrF2S2/c12-7-3-9(15-5-7)6-16-11-4-8(13)1-2-10(11)14/h1-5H,6H2. The van der Waals surface area contributed by atoms with Gasteiger partial charge in [0.25, 0.3) is 0 Å². The zero-order valence-corrected chi connectivity index (χ0v) is 11.3. The molecule has 5 heteroatoms. The third-order valence-corrected chi connectivity index (χ3v) is 4.84. The fourth-order valence-corrected chi connectivity index (χ4v) is 3.63. The van der Waals surface area contributed by atoms with Gasteiger partial charge >= 0.3 is 0 Å². The van der Waals surface area contributed by atoms with Gasteiger partial charge in [0, 0.05) is 25.4 Å². The Morgan fingerprint density at radius 3 is 2.75 bits per heavy atom. The Hall–Kier alpha value is -0.390. The quantitative estimate of drug-likeness (QED) is 0.710. The van der Waals surface area contributed by atoms with Gasteiger partial charge < -0.3 is 0 Å². The van der Waals surface area contributed by atoms with Crippen LogP contribution in [0.15, 0.2) is 39.0 Å². The highest BCUT2D eigenvalue weighted by Gasteiger charge is 2.05. The molecule has 0 nitrogen and oxygen atoms in total. The third-order valence-electron chi connectivity index (χ3n) is 1.88. The van der Waals surface area contributed by atoms with Crippen LogP contribution >= 0.6 is 39.0 Å². The summed E-state index contributed by atoms with van der Waals surface area (Å²) in [7, 11) is 0. The molecule has 0 bridgehead atoms. The van der Waals surface area contributed by atoms with Crippen LogP contribution in [0.3, 0.4) is 0 Å². The second-order valence-electron chi connectivity index (χ2n) is 3.09. The molecule has 2 rings (SSSR count). The summed E-state index contributed by atoms with van der Waals surface area (Å²) >= 11 is 6.25. The molecule has 0 aliphatic heterocycles. The molecule has 0 radical (unpaired) electrons. The summed E-state index contributed by atoms with van der Waals surface area (Å²) in [4.78, 5) is 1.48. The van der Waals surface area contributed by atoms with Gasteiger partial charge in [-0.15, -0.1) is 23.1 Å². The van der Waals surface area contributed by atoms with Gasteiger partial charge in [-0.05, 0) is 40.2 Å². The van der Waals surface area contributed by atoms with E-state index in [9.17, 15) is 8.78 Å². The van der Waals surface area contributed by atoms with Crippen molar-refractivity contribution < 1.29 is 8.78 Å². The number of benzene rings is 1. The number of thioether (sulfide) groups is 1. The van der Waals surface area contributed by atoms with E-state index in [1.165, 1.54) is 17.8 Å². The average molecular weight is 321 g/mol. The van der Waals surface area contributed by atoms with Crippen LogP contribution in [-0.4, -0.2) is 0 Å². The predicted molar refractivity (Wildman–Crippen MR) is 67.9 cm³/mol. The molecule has 1 heterocycles. The molecule has 0 unspecified atom stereocenters. The van der Waals surface area contributed by atoms with Gasteiger partial charge in [-0.1, -0.05) is 0 Å². The molecule has 0 atom stereocenters. The lowest BCUT2D eigenvalue weighted by Gasteiger charge is -2.01. The van der Waals surface area contributed by atoms with Crippen LogP contribution in [0.25, 0.3) is 0 Å². The van der Waals surface area contributed by atoms with Crippen molar-refractivity contribution in [3.63, 3.8) is 0 Å². The zero-order chi connectivity index (χ0) is 11.5. The van der Waals surface area contributed by atoms with Crippen molar-refractivity contribution in [3.05, 3.63) is 50.6 Å². The van der Waals surface area contributed by atoms with E-state index in [1.54, 1.807) is 11.3 Å². The van der Waals surface area contributed by atoms with Crippen molar-refractivity contribution in [3.8, 4) is 0 Å². The van der Waals surface area contributed by atoms with Crippen LogP contribution in [-0.2, 0) is 5.75 Å². The molecule has 0 amide bonds. The van der Waals surface area contributed by atoms with Crippen LogP contribution in [0, 0.1) is 11.6 Å². The highest BCUT2D eigenvalue weighted by Crippen LogP contribution is 2.29. The van der Waals surface area contributed by atoms with E-state index in [1.807, 2.05) is 11.4 Å². The molecule has 16 heavy (non-hydrogen) atoms. The van der Waals surface area contributed by atoms with E-state index in [4.69, 9.17) is 0 Å². The number of halogens is 3. The topological polar surface area (TPSA) is 0 Å². The molecule has 84 valence electrons. The first-order chi connectivity index (χ1) is 7.65. The Labute approximate surface area is 109 Å². The lowest BCUT2D eigenvalue weighted by Crippen LogP contribution is -1.84. The minimum atomic E-state index is -0.406. The fraction of sp³-hybridized carbons (Fsp3) is 0.0909. The van der Waals surface area contributed by atoms with Gasteiger partial charge in [0.05, 0.1) is 0 Å². The molecular formula is C11H7BrF2S2. The fourth-order valence-electron chi connectivity index (χ4n) is 1.17. The molecule has 0 fully saturated rings. The van der Waals surface area contributed by atoms with Gasteiger partial charge in [0.2, 0.25) is 0 Å². The normalized spacial score (nSPS) is 10.7. The van der Waals surface area contributed by atoms with Crippen LogP contribution in [0.2, 0.25) is 0 Å². The molecule has 0 spiro atoms. The number of thiophene rings is 1. The highest BCUT2D eigenvalue weighted by atomic mass is 79.9. The Morgan fingerprint density at radius 2 is 2.06 bits per heavy atom. The molecule has 0 saturated heterocycles. The summed E-state index contributed by atoms with van der Waals surface area (Å²) in [6, 6.07) is 5.49. The largest absolute Gasteiger partial charge is 0.207 e. The summed E-state index contributed by atoms with van der Waals surface area (Å²) in [6.07, 6.45) is 0. The monoisotopic (exact) mass is 320 g/mol. The van der Waals surface area contributed by atoms with Crippen LogP contribution in [0.5, 0.6) is 0 Å². The van der Waals surface area contributed by atoms with Crippen molar-refractivity contribution in [1.29, 1.82) is 0 Å². The minimum Gasteiger partial charge on any atom is -0.207 e. The predicted octanol–water partition coefficient (Wildman–Crippen LogP) is 5.08. The van der Waals surface area contributed by atoms with Crippen molar-refractivity contribution in [2.24, 2.45) is 0 Å². The van der Waals surface area contributed by atoms with E-state index in [0.29, 0.717) is 10.6 Å². The van der Waals surface area contributed by atoms with Gasteiger partial charge in [-0.3, -0.25) is 0 Å². The highest BCUT2D eigenvalue weighted by molar-refractivity contribution is 9.10. The van der Waals surface area contributed by atoms with Crippen LogP contribution in [0.1, 0.15) is 4.88 Å². The number of hydrogen-bond donors (Lipinski definition) is 0. The molecule has 0 aliphatic carbocycles. The maximum Gasteiger partial charge on any atom is 0.136 e. The Balaban J connectivity index is 2.07. The first kappa shape index (κ1) is 12.1. The Kier molecular flexibility index (Phi) is 4.00. The number of hydrogen-bond acceptors (Lipinski definition) is 2. The van der Waals surface area contributed by atoms with Crippen molar-refractivity contribution in [2.45, 2.75) is 10.6 Å². The smallest absolute Gasteiger partial charge is 0.136 e. The second kappa shape index (κ2) is 5.29. The van der Waals surface area contributed by atoms with E-state index in [0.717, 1.165) is 21.5 Å². The first-order valence-corrected chi connectivity index (χ1v) is 7.12.